The summed E-state index contributed by atoms with van der Waals surface area (Å²) in [6.45, 7) is 1.40. The van der Waals surface area contributed by atoms with Crippen LogP contribution >= 0.6 is 15.9 Å². The van der Waals surface area contributed by atoms with Crippen LogP contribution in [0.4, 0.5) is 0 Å². The lowest BCUT2D eigenvalue weighted by molar-refractivity contribution is -0.147. The van der Waals surface area contributed by atoms with Crippen LogP contribution in [0.2, 0.25) is 0 Å². The Kier molecular flexibility index (Phi) is 4.01. The molecule has 1 N–H and O–H groups in total. The van der Waals surface area contributed by atoms with Crippen molar-refractivity contribution in [2.75, 3.05) is 0 Å². The maximum absolute atomic E-state index is 12.6. The number of aliphatic carboxylic acids is 1. The van der Waals surface area contributed by atoms with Crippen LogP contribution in [0.15, 0.2) is 53.0 Å². The van der Waals surface area contributed by atoms with E-state index in [0.717, 1.165) is 14.9 Å². The highest BCUT2D eigenvalue weighted by Crippen LogP contribution is 2.32. The van der Waals surface area contributed by atoms with Crippen LogP contribution in [-0.2, 0) is 11.2 Å². The molecule has 2 aromatic rings. The highest BCUT2D eigenvalue weighted by Gasteiger charge is 2.50. The highest BCUT2D eigenvalue weighted by molar-refractivity contribution is 9.10. The largest absolute Gasteiger partial charge is 0.479 e. The lowest BCUT2D eigenvalue weighted by Gasteiger charge is -2.33. The van der Waals surface area contributed by atoms with Gasteiger partial charge in [-0.3, -0.25) is 14.5 Å². The summed E-state index contributed by atoms with van der Waals surface area (Å²) in [7, 11) is 0. The monoisotopic (exact) mass is 387 g/mol. The first-order chi connectivity index (χ1) is 11.3. The van der Waals surface area contributed by atoms with Gasteiger partial charge >= 0.3 is 5.97 Å². The zero-order valence-corrected chi connectivity index (χ0v) is 14.4. The fourth-order valence-corrected chi connectivity index (χ4v) is 3.15. The lowest BCUT2D eigenvalue weighted by Crippen LogP contribution is -2.56. The van der Waals surface area contributed by atoms with E-state index in [4.69, 9.17) is 0 Å². The van der Waals surface area contributed by atoms with E-state index in [2.05, 4.69) is 15.9 Å². The maximum atomic E-state index is 12.6. The molecule has 3 rings (SSSR count). The van der Waals surface area contributed by atoms with E-state index in [0.29, 0.717) is 0 Å². The number of nitrogens with zero attached hydrogens (tertiary/aromatic N) is 1. The van der Waals surface area contributed by atoms with Gasteiger partial charge in [-0.1, -0.05) is 40.2 Å². The second kappa shape index (κ2) is 5.87. The molecule has 0 spiro atoms. The Bertz CT molecular complexity index is 811. The van der Waals surface area contributed by atoms with Gasteiger partial charge in [0.15, 0.2) is 0 Å². The number of amides is 2. The van der Waals surface area contributed by atoms with Crippen LogP contribution in [0.1, 0.15) is 33.2 Å². The van der Waals surface area contributed by atoms with Gasteiger partial charge in [0.25, 0.3) is 11.8 Å². The fourth-order valence-electron chi connectivity index (χ4n) is 2.89. The molecule has 122 valence electrons. The van der Waals surface area contributed by atoms with E-state index in [9.17, 15) is 19.5 Å². The third-order valence-electron chi connectivity index (χ3n) is 4.21. The summed E-state index contributed by atoms with van der Waals surface area (Å²) in [5.41, 5.74) is -0.461. The van der Waals surface area contributed by atoms with Gasteiger partial charge in [0.2, 0.25) is 0 Å². The molecule has 24 heavy (non-hydrogen) atoms. The van der Waals surface area contributed by atoms with E-state index in [-0.39, 0.29) is 17.5 Å². The number of carbonyl (C=O) groups is 3. The van der Waals surface area contributed by atoms with E-state index in [1.54, 1.807) is 36.4 Å². The number of carboxylic acid groups (broad SMARTS) is 1. The van der Waals surface area contributed by atoms with E-state index in [1.165, 1.54) is 19.1 Å². The molecule has 2 aromatic carbocycles. The van der Waals surface area contributed by atoms with Gasteiger partial charge < -0.3 is 5.11 Å². The molecule has 0 aromatic heterocycles. The van der Waals surface area contributed by atoms with Crippen molar-refractivity contribution in [1.82, 2.24) is 4.90 Å². The second-order valence-corrected chi connectivity index (χ2v) is 6.79. The number of imide groups is 1. The van der Waals surface area contributed by atoms with Gasteiger partial charge in [-0.25, -0.2) is 4.79 Å². The molecule has 0 fully saturated rings. The molecule has 0 radical (unpaired) electrons. The molecule has 2 amide bonds. The summed E-state index contributed by atoms with van der Waals surface area (Å²) < 4.78 is 0.865. The van der Waals surface area contributed by atoms with Crippen molar-refractivity contribution in [2.24, 2.45) is 0 Å². The standard InChI is InChI=1S/C18H14BrNO4/c1-18(17(23)24,10-11-6-8-12(19)9-7-11)20-15(21)13-4-2-3-5-14(13)16(20)22/h2-9H,10H2,1H3,(H,23,24)/t18-/m0/s1. The third-order valence-corrected chi connectivity index (χ3v) is 4.74. The van der Waals surface area contributed by atoms with Gasteiger partial charge in [-0.2, -0.15) is 0 Å². The number of hydrogen-bond donors (Lipinski definition) is 1. The van der Waals surface area contributed by atoms with Gasteiger partial charge in [0.1, 0.15) is 5.54 Å². The van der Waals surface area contributed by atoms with Crippen molar-refractivity contribution < 1.29 is 19.5 Å². The van der Waals surface area contributed by atoms with E-state index >= 15 is 0 Å². The van der Waals surface area contributed by atoms with Crippen molar-refractivity contribution in [3.05, 3.63) is 69.7 Å². The smallest absolute Gasteiger partial charge is 0.330 e. The lowest BCUT2D eigenvalue weighted by atomic mass is 9.91. The van der Waals surface area contributed by atoms with Crippen molar-refractivity contribution >= 4 is 33.7 Å². The molecule has 0 aliphatic carbocycles. The van der Waals surface area contributed by atoms with Crippen LogP contribution in [0.25, 0.3) is 0 Å². The zero-order chi connectivity index (χ0) is 17.5. The molecule has 0 saturated carbocycles. The van der Waals surface area contributed by atoms with Crippen LogP contribution in [0.5, 0.6) is 0 Å². The fraction of sp³-hybridized carbons (Fsp3) is 0.167. The molecule has 1 aliphatic rings. The molecule has 6 heteroatoms. The zero-order valence-electron chi connectivity index (χ0n) is 12.8. The first kappa shape index (κ1) is 16.4. The highest BCUT2D eigenvalue weighted by atomic mass is 79.9. The van der Waals surface area contributed by atoms with E-state index in [1.807, 2.05) is 0 Å². The Morgan fingerprint density at radius 2 is 1.54 bits per heavy atom. The first-order valence-electron chi connectivity index (χ1n) is 7.30. The van der Waals surface area contributed by atoms with Crippen molar-refractivity contribution in [3.8, 4) is 0 Å². The molecule has 1 aliphatic heterocycles. The minimum atomic E-state index is -1.67. The summed E-state index contributed by atoms with van der Waals surface area (Å²) in [6, 6.07) is 13.5. The number of carbonyl (C=O) groups excluding carboxylic acids is 2. The average molecular weight is 388 g/mol. The van der Waals surface area contributed by atoms with Gasteiger partial charge in [0.05, 0.1) is 11.1 Å². The van der Waals surface area contributed by atoms with Crippen LogP contribution < -0.4 is 0 Å². The number of hydrogen-bond acceptors (Lipinski definition) is 3. The number of fused-ring (bicyclic) bond motifs is 1. The topological polar surface area (TPSA) is 74.7 Å². The maximum Gasteiger partial charge on any atom is 0.330 e. The average Bonchev–Trinajstić information content (AvgIpc) is 2.82. The Labute approximate surface area is 147 Å². The van der Waals surface area contributed by atoms with Gasteiger partial charge in [-0.05, 0) is 36.8 Å². The second-order valence-electron chi connectivity index (χ2n) is 5.87. The summed E-state index contributed by atoms with van der Waals surface area (Å²) in [5, 5.41) is 9.77. The molecule has 1 heterocycles. The predicted octanol–water partition coefficient (Wildman–Crippen LogP) is 3.13. The summed E-state index contributed by atoms with van der Waals surface area (Å²) >= 11 is 3.32. The van der Waals surface area contributed by atoms with Gasteiger partial charge in [-0.15, -0.1) is 0 Å². The van der Waals surface area contributed by atoms with Crippen LogP contribution in [-0.4, -0.2) is 33.3 Å². The van der Waals surface area contributed by atoms with Crippen molar-refractivity contribution in [3.63, 3.8) is 0 Å². The number of benzene rings is 2. The SMILES string of the molecule is C[C@](Cc1ccc(Br)cc1)(C(=O)O)N1C(=O)c2ccccc2C1=O. The van der Waals surface area contributed by atoms with Crippen molar-refractivity contribution in [2.45, 2.75) is 18.9 Å². The normalized spacial score (nSPS) is 16.0. The molecule has 1 atom stereocenters. The summed E-state index contributed by atoms with van der Waals surface area (Å²) in [4.78, 5) is 38.1. The quantitative estimate of drug-likeness (QED) is 0.817. The molecular formula is C18H14BrNO4. The van der Waals surface area contributed by atoms with Gasteiger partial charge in [0, 0.05) is 10.9 Å². The first-order valence-corrected chi connectivity index (χ1v) is 8.09. The minimum Gasteiger partial charge on any atom is -0.479 e. The summed E-state index contributed by atoms with van der Waals surface area (Å²) in [5.74, 6) is -2.37. The Morgan fingerprint density at radius 3 is 2.00 bits per heavy atom. The Hall–Kier alpha value is -2.47. The molecule has 5 nitrogen and oxygen atoms in total. The molecule has 0 unspecified atom stereocenters. The summed E-state index contributed by atoms with van der Waals surface area (Å²) in [6.07, 6.45) is 0.0289. The van der Waals surface area contributed by atoms with E-state index < -0.39 is 23.3 Å². The number of rotatable bonds is 4. The molecule has 0 bridgehead atoms. The number of carboxylic acids is 1. The van der Waals surface area contributed by atoms with Crippen LogP contribution in [0.3, 0.4) is 0 Å². The molecular weight excluding hydrogens is 374 g/mol. The Morgan fingerprint density at radius 1 is 1.04 bits per heavy atom. The van der Waals surface area contributed by atoms with Crippen LogP contribution in [0, 0.1) is 0 Å². The third kappa shape index (κ3) is 2.53. The number of halogens is 1. The molecule has 0 saturated heterocycles. The minimum absolute atomic E-state index is 0.0289. The Balaban J connectivity index is 2.03. The van der Waals surface area contributed by atoms with Crippen molar-refractivity contribution in [1.29, 1.82) is 0 Å². The predicted molar refractivity (Wildman–Crippen MR) is 90.8 cm³/mol.